The van der Waals surface area contributed by atoms with Gasteiger partial charge in [-0.3, -0.25) is 0 Å². The van der Waals surface area contributed by atoms with Gasteiger partial charge in [0.05, 0.1) is 19.5 Å². The first-order chi connectivity index (χ1) is 8.40. The summed E-state index contributed by atoms with van der Waals surface area (Å²) in [5.41, 5.74) is 2.74. The van der Waals surface area contributed by atoms with Crippen LogP contribution in [-0.4, -0.2) is 16.7 Å². The quantitative estimate of drug-likeness (QED) is 0.790. The average Bonchev–Trinajstić information content (AvgIpc) is 2.91. The minimum absolute atomic E-state index is 0.413. The summed E-state index contributed by atoms with van der Waals surface area (Å²) in [6.45, 7) is 0. The molecule has 1 aliphatic rings. The molecule has 1 aromatic carbocycles. The van der Waals surface area contributed by atoms with Crippen molar-refractivity contribution in [2.75, 3.05) is 7.11 Å². The van der Waals surface area contributed by atoms with Crippen molar-refractivity contribution in [1.29, 1.82) is 0 Å². The summed E-state index contributed by atoms with van der Waals surface area (Å²) in [7, 11) is 1.75. The van der Waals surface area contributed by atoms with Crippen molar-refractivity contribution in [1.82, 2.24) is 9.55 Å². The van der Waals surface area contributed by atoms with Crippen molar-refractivity contribution < 1.29 is 4.74 Å². The lowest BCUT2D eigenvalue weighted by Crippen LogP contribution is -2.16. The van der Waals surface area contributed by atoms with Crippen molar-refractivity contribution in [3.8, 4) is 5.75 Å². The summed E-state index contributed by atoms with van der Waals surface area (Å²) < 4.78 is 7.65. The summed E-state index contributed by atoms with van der Waals surface area (Å²) in [4.78, 5) is 4.14. The Labute approximate surface area is 101 Å². The Hall–Kier alpha value is -1.77. The fourth-order valence-electron chi connectivity index (χ4n) is 2.74. The number of hydrogen-bond acceptors (Lipinski definition) is 2. The van der Waals surface area contributed by atoms with E-state index in [9.17, 15) is 0 Å². The highest BCUT2D eigenvalue weighted by atomic mass is 16.5. The molecule has 0 aliphatic heterocycles. The Kier molecular flexibility index (Phi) is 2.59. The first-order valence-electron chi connectivity index (χ1n) is 6.03. The molecule has 3 rings (SSSR count). The number of aromatic nitrogens is 2. The van der Waals surface area contributed by atoms with Crippen LogP contribution in [0.3, 0.4) is 0 Å². The van der Waals surface area contributed by atoms with E-state index >= 15 is 0 Å². The largest absolute Gasteiger partial charge is 0.496 e. The average molecular weight is 228 g/mol. The van der Waals surface area contributed by atoms with E-state index in [0.29, 0.717) is 6.04 Å². The number of fused-ring (bicyclic) bond motifs is 1. The van der Waals surface area contributed by atoms with E-state index in [0.717, 1.165) is 12.2 Å². The lowest BCUT2D eigenvalue weighted by atomic mass is 9.87. The zero-order chi connectivity index (χ0) is 11.7. The van der Waals surface area contributed by atoms with E-state index in [2.05, 4.69) is 27.8 Å². The second kappa shape index (κ2) is 4.24. The molecule has 88 valence electrons. The Balaban J connectivity index is 2.08. The third kappa shape index (κ3) is 1.71. The van der Waals surface area contributed by atoms with Gasteiger partial charge in [-0.2, -0.15) is 0 Å². The second-order valence-corrected chi connectivity index (χ2v) is 4.45. The van der Waals surface area contributed by atoms with Gasteiger partial charge in [0.1, 0.15) is 5.75 Å². The van der Waals surface area contributed by atoms with Gasteiger partial charge in [-0.15, -0.1) is 0 Å². The molecular formula is C14H16N2O. The minimum Gasteiger partial charge on any atom is -0.496 e. The van der Waals surface area contributed by atoms with Gasteiger partial charge in [-0.1, -0.05) is 12.1 Å². The molecule has 1 heterocycles. The number of nitrogens with zero attached hydrogens (tertiary/aromatic N) is 2. The van der Waals surface area contributed by atoms with Crippen molar-refractivity contribution in [3.63, 3.8) is 0 Å². The van der Waals surface area contributed by atoms with Crippen molar-refractivity contribution >= 4 is 0 Å². The van der Waals surface area contributed by atoms with Crippen LogP contribution in [0.15, 0.2) is 36.9 Å². The molecule has 3 nitrogen and oxygen atoms in total. The maximum Gasteiger partial charge on any atom is 0.122 e. The molecule has 0 saturated heterocycles. The van der Waals surface area contributed by atoms with E-state index in [1.54, 1.807) is 7.11 Å². The van der Waals surface area contributed by atoms with Crippen molar-refractivity contribution in [3.05, 3.63) is 48.0 Å². The van der Waals surface area contributed by atoms with Crippen LogP contribution >= 0.6 is 0 Å². The van der Waals surface area contributed by atoms with Crippen molar-refractivity contribution in [2.24, 2.45) is 0 Å². The van der Waals surface area contributed by atoms with Gasteiger partial charge in [0.15, 0.2) is 0 Å². The Bertz CT molecular complexity index is 505. The van der Waals surface area contributed by atoms with Crippen molar-refractivity contribution in [2.45, 2.75) is 25.3 Å². The molecular weight excluding hydrogens is 212 g/mol. The summed E-state index contributed by atoms with van der Waals surface area (Å²) in [5.74, 6) is 1.02. The van der Waals surface area contributed by atoms with E-state index in [-0.39, 0.29) is 0 Å². The van der Waals surface area contributed by atoms with Crippen LogP contribution in [0.4, 0.5) is 0 Å². The summed E-state index contributed by atoms with van der Waals surface area (Å²) in [6.07, 6.45) is 9.28. The van der Waals surface area contributed by atoms with E-state index in [1.165, 1.54) is 24.0 Å². The molecule has 1 unspecified atom stereocenters. The Morgan fingerprint density at radius 1 is 1.41 bits per heavy atom. The smallest absolute Gasteiger partial charge is 0.122 e. The van der Waals surface area contributed by atoms with Gasteiger partial charge in [0.25, 0.3) is 0 Å². The molecule has 1 aromatic heterocycles. The number of rotatable bonds is 2. The predicted octanol–water partition coefficient (Wildman–Crippen LogP) is 2.82. The van der Waals surface area contributed by atoms with Crippen LogP contribution in [0.2, 0.25) is 0 Å². The number of benzene rings is 1. The third-order valence-electron chi connectivity index (χ3n) is 3.54. The van der Waals surface area contributed by atoms with Gasteiger partial charge in [0.2, 0.25) is 0 Å². The van der Waals surface area contributed by atoms with Crippen LogP contribution < -0.4 is 4.74 Å². The van der Waals surface area contributed by atoms with Crippen LogP contribution in [0.25, 0.3) is 0 Å². The Morgan fingerprint density at radius 3 is 3.12 bits per heavy atom. The third-order valence-corrected chi connectivity index (χ3v) is 3.54. The molecule has 0 N–H and O–H groups in total. The van der Waals surface area contributed by atoms with E-state index in [1.807, 2.05) is 18.7 Å². The molecule has 0 fully saturated rings. The van der Waals surface area contributed by atoms with Crippen LogP contribution in [0.5, 0.6) is 5.75 Å². The molecule has 3 heteroatoms. The van der Waals surface area contributed by atoms with Gasteiger partial charge < -0.3 is 9.30 Å². The maximum atomic E-state index is 5.45. The zero-order valence-electron chi connectivity index (χ0n) is 9.97. The Morgan fingerprint density at radius 2 is 2.35 bits per heavy atom. The first kappa shape index (κ1) is 10.4. The fraction of sp³-hybridized carbons (Fsp3) is 0.357. The summed E-state index contributed by atoms with van der Waals surface area (Å²) in [6, 6.07) is 6.75. The molecule has 0 bridgehead atoms. The number of methoxy groups -OCH3 is 1. The van der Waals surface area contributed by atoms with Gasteiger partial charge >= 0.3 is 0 Å². The first-order valence-corrected chi connectivity index (χ1v) is 6.03. The molecule has 0 spiro atoms. The van der Waals surface area contributed by atoms with Crippen LogP contribution in [-0.2, 0) is 6.42 Å². The SMILES string of the molecule is COc1cccc2c1CCCC2n1ccnc1. The fourth-order valence-corrected chi connectivity index (χ4v) is 2.74. The lowest BCUT2D eigenvalue weighted by molar-refractivity contribution is 0.399. The molecule has 1 aliphatic carbocycles. The maximum absolute atomic E-state index is 5.45. The molecule has 0 radical (unpaired) electrons. The van der Waals surface area contributed by atoms with Crippen LogP contribution in [0.1, 0.15) is 30.0 Å². The predicted molar refractivity (Wildman–Crippen MR) is 66.3 cm³/mol. The molecule has 0 amide bonds. The topological polar surface area (TPSA) is 27.1 Å². The highest BCUT2D eigenvalue weighted by Gasteiger charge is 2.23. The van der Waals surface area contributed by atoms with E-state index in [4.69, 9.17) is 4.74 Å². The summed E-state index contributed by atoms with van der Waals surface area (Å²) >= 11 is 0. The van der Waals surface area contributed by atoms with Gasteiger partial charge in [0, 0.05) is 12.4 Å². The molecule has 0 saturated carbocycles. The highest BCUT2D eigenvalue weighted by Crippen LogP contribution is 2.37. The van der Waals surface area contributed by atoms with E-state index < -0.39 is 0 Å². The van der Waals surface area contributed by atoms with Crippen LogP contribution in [0, 0.1) is 0 Å². The summed E-state index contributed by atoms with van der Waals surface area (Å²) in [5, 5.41) is 0. The molecule has 17 heavy (non-hydrogen) atoms. The highest BCUT2D eigenvalue weighted by molar-refractivity contribution is 5.43. The van der Waals surface area contributed by atoms with Gasteiger partial charge in [-0.25, -0.2) is 4.98 Å². The van der Waals surface area contributed by atoms with Gasteiger partial charge in [-0.05, 0) is 36.5 Å². The minimum atomic E-state index is 0.413. The molecule has 2 aromatic rings. The molecule has 1 atom stereocenters. The number of ether oxygens (including phenoxy) is 1. The number of hydrogen-bond donors (Lipinski definition) is 0. The lowest BCUT2D eigenvalue weighted by Gasteiger charge is -2.27. The zero-order valence-corrected chi connectivity index (χ0v) is 9.97. The number of imidazole rings is 1. The normalized spacial score (nSPS) is 18.8. The second-order valence-electron chi connectivity index (χ2n) is 4.45. The standard InChI is InChI=1S/C14H16N2O/c1-17-14-7-3-4-11-12(14)5-2-6-13(11)16-9-8-15-10-16/h3-4,7-10,13H,2,5-6H2,1H3. The monoisotopic (exact) mass is 228 g/mol.